The van der Waals surface area contributed by atoms with Crippen molar-refractivity contribution in [3.05, 3.63) is 82.9 Å². The van der Waals surface area contributed by atoms with Gasteiger partial charge in [-0.05, 0) is 68.5 Å². The van der Waals surface area contributed by atoms with Gasteiger partial charge in [0.25, 0.3) is 0 Å². The van der Waals surface area contributed by atoms with Crippen molar-refractivity contribution in [2.45, 2.75) is 32.3 Å². The van der Waals surface area contributed by atoms with Crippen molar-refractivity contribution in [2.75, 3.05) is 32.8 Å². The third-order valence-corrected chi connectivity index (χ3v) is 5.94. The molecular formula is C26H32ClNO3. The second-order valence-electron chi connectivity index (χ2n) is 7.89. The van der Waals surface area contributed by atoms with Crippen LogP contribution in [0.5, 0.6) is 0 Å². The van der Waals surface area contributed by atoms with Gasteiger partial charge in [-0.25, -0.2) is 4.79 Å². The Morgan fingerprint density at radius 2 is 1.77 bits per heavy atom. The zero-order valence-electron chi connectivity index (χ0n) is 18.2. The highest BCUT2D eigenvalue weighted by atomic mass is 35.5. The minimum Gasteiger partial charge on any atom is -0.463 e. The Balaban J connectivity index is 1.45. The first-order valence-corrected chi connectivity index (χ1v) is 11.5. The Morgan fingerprint density at radius 1 is 1.10 bits per heavy atom. The topological polar surface area (TPSA) is 38.8 Å². The zero-order chi connectivity index (χ0) is 21.9. The molecule has 1 heterocycles. The molecule has 0 aromatic heterocycles. The summed E-state index contributed by atoms with van der Waals surface area (Å²) in [6.45, 7) is 5.98. The summed E-state index contributed by atoms with van der Waals surface area (Å²) in [7, 11) is 0. The summed E-state index contributed by atoms with van der Waals surface area (Å²) >= 11 is 6.07. The first-order valence-electron chi connectivity index (χ1n) is 11.1. The van der Waals surface area contributed by atoms with Crippen molar-refractivity contribution in [2.24, 2.45) is 5.92 Å². The summed E-state index contributed by atoms with van der Waals surface area (Å²) in [5.41, 5.74) is 2.26. The molecule has 1 saturated heterocycles. The van der Waals surface area contributed by atoms with Gasteiger partial charge in [0.05, 0.1) is 13.2 Å². The molecule has 2 aromatic rings. The number of likely N-dealkylation sites (tertiary alicyclic amines) is 1. The summed E-state index contributed by atoms with van der Waals surface area (Å²) in [4.78, 5) is 13.9. The second-order valence-corrected chi connectivity index (χ2v) is 8.32. The highest BCUT2D eigenvalue weighted by Gasteiger charge is 2.19. The number of allylic oxidation sites excluding steroid dienone is 1. The molecule has 2 aromatic carbocycles. The van der Waals surface area contributed by atoms with Gasteiger partial charge in [0.2, 0.25) is 0 Å². The van der Waals surface area contributed by atoms with Gasteiger partial charge in [0, 0.05) is 17.6 Å². The SMILES string of the molecule is CCOC(=O)/C=C/CC1CCN(CCOC(c2ccccc2)c2ccc(Cl)cc2)CC1. The lowest BCUT2D eigenvalue weighted by Crippen LogP contribution is -2.36. The van der Waals surface area contributed by atoms with Crippen LogP contribution in [0.25, 0.3) is 0 Å². The number of ether oxygens (including phenoxy) is 2. The zero-order valence-corrected chi connectivity index (χ0v) is 19.0. The standard InChI is InChI=1S/C26H32ClNO3/c1-2-30-25(29)10-6-7-21-15-17-28(18-16-21)19-20-31-26(22-8-4-3-5-9-22)23-11-13-24(27)14-12-23/h3-6,8-14,21,26H,2,7,15-20H2,1H3/b10-6+. The molecule has 1 aliphatic heterocycles. The second kappa shape index (κ2) is 12.7. The molecule has 0 bridgehead atoms. The van der Waals surface area contributed by atoms with Crippen LogP contribution in [0.4, 0.5) is 0 Å². The quantitative estimate of drug-likeness (QED) is 0.352. The van der Waals surface area contributed by atoms with Crippen LogP contribution < -0.4 is 0 Å². The van der Waals surface area contributed by atoms with E-state index in [0.717, 1.165) is 55.0 Å². The van der Waals surface area contributed by atoms with E-state index in [1.807, 2.05) is 55.5 Å². The Labute approximate surface area is 190 Å². The van der Waals surface area contributed by atoms with Crippen molar-refractivity contribution in [3.63, 3.8) is 0 Å². The van der Waals surface area contributed by atoms with E-state index in [0.29, 0.717) is 19.1 Å². The van der Waals surface area contributed by atoms with Crippen LogP contribution >= 0.6 is 11.6 Å². The number of hydrogen-bond acceptors (Lipinski definition) is 4. The fourth-order valence-corrected chi connectivity index (χ4v) is 4.07. The van der Waals surface area contributed by atoms with Gasteiger partial charge in [-0.15, -0.1) is 0 Å². The highest BCUT2D eigenvalue weighted by molar-refractivity contribution is 6.30. The Hall–Kier alpha value is -2.14. The number of hydrogen-bond donors (Lipinski definition) is 0. The summed E-state index contributed by atoms with van der Waals surface area (Å²) in [6.07, 6.45) is 6.65. The molecule has 0 N–H and O–H groups in total. The number of nitrogens with zero attached hydrogens (tertiary/aromatic N) is 1. The van der Waals surface area contributed by atoms with Crippen molar-refractivity contribution < 1.29 is 14.3 Å². The number of halogens is 1. The molecular weight excluding hydrogens is 410 g/mol. The fourth-order valence-electron chi connectivity index (χ4n) is 3.94. The summed E-state index contributed by atoms with van der Waals surface area (Å²) < 4.78 is 11.3. The fraction of sp³-hybridized carbons (Fsp3) is 0.423. The van der Waals surface area contributed by atoms with E-state index >= 15 is 0 Å². The van der Waals surface area contributed by atoms with Gasteiger partial charge in [0.15, 0.2) is 0 Å². The van der Waals surface area contributed by atoms with Crippen LogP contribution in [0.15, 0.2) is 66.7 Å². The first-order chi connectivity index (χ1) is 15.2. The molecule has 31 heavy (non-hydrogen) atoms. The number of carbonyl (C=O) groups is 1. The van der Waals surface area contributed by atoms with Crippen molar-refractivity contribution in [1.82, 2.24) is 4.90 Å². The maximum absolute atomic E-state index is 11.4. The minimum atomic E-state index is -0.245. The lowest BCUT2D eigenvalue weighted by molar-refractivity contribution is -0.137. The van der Waals surface area contributed by atoms with Crippen LogP contribution in [-0.4, -0.2) is 43.7 Å². The first kappa shape index (κ1) is 23.5. The largest absolute Gasteiger partial charge is 0.463 e. The monoisotopic (exact) mass is 441 g/mol. The van der Waals surface area contributed by atoms with E-state index in [9.17, 15) is 4.79 Å². The van der Waals surface area contributed by atoms with Crippen molar-refractivity contribution in [3.8, 4) is 0 Å². The third kappa shape index (κ3) is 7.80. The van der Waals surface area contributed by atoms with E-state index in [1.54, 1.807) is 6.08 Å². The van der Waals surface area contributed by atoms with E-state index in [-0.39, 0.29) is 12.1 Å². The van der Waals surface area contributed by atoms with Crippen LogP contribution in [0.3, 0.4) is 0 Å². The maximum atomic E-state index is 11.4. The minimum absolute atomic E-state index is 0.0935. The van der Waals surface area contributed by atoms with Gasteiger partial charge in [0.1, 0.15) is 6.10 Å². The van der Waals surface area contributed by atoms with Crippen LogP contribution in [0.1, 0.15) is 43.4 Å². The van der Waals surface area contributed by atoms with E-state index in [4.69, 9.17) is 21.1 Å². The molecule has 1 atom stereocenters. The van der Waals surface area contributed by atoms with Crippen LogP contribution in [0, 0.1) is 5.92 Å². The Bertz CT molecular complexity index is 814. The Kier molecular flexibility index (Phi) is 9.60. The molecule has 3 rings (SSSR count). The van der Waals surface area contributed by atoms with Crippen LogP contribution in [-0.2, 0) is 14.3 Å². The maximum Gasteiger partial charge on any atom is 0.330 e. The normalized spacial score (nSPS) is 16.5. The average molecular weight is 442 g/mol. The molecule has 0 amide bonds. The molecule has 0 aliphatic carbocycles. The van der Waals surface area contributed by atoms with Crippen LogP contribution in [0.2, 0.25) is 5.02 Å². The molecule has 1 fully saturated rings. The smallest absolute Gasteiger partial charge is 0.330 e. The van der Waals surface area contributed by atoms with Gasteiger partial charge >= 0.3 is 5.97 Å². The highest BCUT2D eigenvalue weighted by Crippen LogP contribution is 2.27. The van der Waals surface area contributed by atoms with E-state index in [1.165, 1.54) is 0 Å². The molecule has 166 valence electrons. The molecule has 0 radical (unpaired) electrons. The average Bonchev–Trinajstić information content (AvgIpc) is 2.79. The molecule has 0 spiro atoms. The summed E-state index contributed by atoms with van der Waals surface area (Å²) in [5, 5.41) is 0.732. The van der Waals surface area contributed by atoms with Gasteiger partial charge < -0.3 is 14.4 Å². The molecule has 4 nitrogen and oxygen atoms in total. The predicted molar refractivity (Wildman–Crippen MR) is 125 cm³/mol. The summed E-state index contributed by atoms with van der Waals surface area (Å²) in [6, 6.07) is 18.2. The van der Waals surface area contributed by atoms with E-state index < -0.39 is 0 Å². The van der Waals surface area contributed by atoms with Gasteiger partial charge in [-0.3, -0.25) is 0 Å². The summed E-state index contributed by atoms with van der Waals surface area (Å²) in [5.74, 6) is 0.389. The van der Waals surface area contributed by atoms with E-state index in [2.05, 4.69) is 17.0 Å². The molecule has 1 unspecified atom stereocenters. The molecule has 5 heteroatoms. The predicted octanol–water partition coefficient (Wildman–Crippen LogP) is 5.67. The van der Waals surface area contributed by atoms with Gasteiger partial charge in [-0.2, -0.15) is 0 Å². The Morgan fingerprint density at radius 3 is 2.45 bits per heavy atom. The molecule has 0 saturated carbocycles. The lowest BCUT2D eigenvalue weighted by Gasteiger charge is -2.32. The number of benzene rings is 2. The van der Waals surface area contributed by atoms with Crippen molar-refractivity contribution in [1.29, 1.82) is 0 Å². The third-order valence-electron chi connectivity index (χ3n) is 5.68. The number of carbonyl (C=O) groups excluding carboxylic acids is 1. The van der Waals surface area contributed by atoms with Gasteiger partial charge in [-0.1, -0.05) is 60.1 Å². The number of rotatable bonds is 10. The van der Waals surface area contributed by atoms with Crippen molar-refractivity contribution >= 4 is 17.6 Å². The number of piperidine rings is 1. The molecule has 1 aliphatic rings. The number of esters is 1. The lowest BCUT2D eigenvalue weighted by atomic mass is 9.93.